The van der Waals surface area contributed by atoms with Gasteiger partial charge in [0.1, 0.15) is 0 Å². The van der Waals surface area contributed by atoms with Crippen LogP contribution in [0.1, 0.15) is 33.6 Å². The van der Waals surface area contributed by atoms with Gasteiger partial charge in [-0.05, 0) is 30.2 Å². The fourth-order valence-corrected chi connectivity index (χ4v) is 3.51. The van der Waals surface area contributed by atoms with E-state index in [1.165, 1.54) is 6.92 Å². The van der Waals surface area contributed by atoms with Crippen molar-refractivity contribution in [1.29, 1.82) is 0 Å². The van der Waals surface area contributed by atoms with Crippen LogP contribution in [0.25, 0.3) is 0 Å². The molecule has 0 aromatic heterocycles. The first-order valence-corrected chi connectivity index (χ1v) is 10.6. The second-order valence-electron chi connectivity index (χ2n) is 7.60. The normalized spacial score (nSPS) is 18.2. The number of rotatable bonds is 8. The van der Waals surface area contributed by atoms with Crippen LogP contribution in [0.4, 0.5) is 10.5 Å². The molecule has 1 aliphatic rings. The van der Waals surface area contributed by atoms with E-state index in [1.807, 2.05) is 0 Å². The summed E-state index contributed by atoms with van der Waals surface area (Å²) >= 11 is 3.29. The highest BCUT2D eigenvalue weighted by Gasteiger charge is 2.55. The van der Waals surface area contributed by atoms with Crippen molar-refractivity contribution in [1.82, 2.24) is 21.1 Å². The molecule has 0 bridgehead atoms. The molecule has 1 atom stereocenters. The van der Waals surface area contributed by atoms with E-state index in [2.05, 4.69) is 37.3 Å². The molecule has 0 radical (unpaired) electrons. The Morgan fingerprint density at radius 1 is 1.10 bits per heavy atom. The fraction of sp³-hybridized carbons (Fsp3) is 0.450. The van der Waals surface area contributed by atoms with Crippen molar-refractivity contribution in [2.24, 2.45) is 11.3 Å². The van der Waals surface area contributed by atoms with Crippen LogP contribution >= 0.6 is 15.9 Å². The number of amides is 6. The summed E-state index contributed by atoms with van der Waals surface area (Å²) < 4.78 is 0.834. The molecule has 1 aromatic rings. The Kier molecular flexibility index (Phi) is 8.14. The molecule has 10 nitrogen and oxygen atoms in total. The zero-order chi connectivity index (χ0) is 23.2. The first-order valence-electron chi connectivity index (χ1n) is 9.77. The molecule has 0 aliphatic carbocycles. The number of imide groups is 1. The molecule has 31 heavy (non-hydrogen) atoms. The number of benzene rings is 1. The molecule has 1 saturated heterocycles. The van der Waals surface area contributed by atoms with Gasteiger partial charge in [-0.25, -0.2) is 10.2 Å². The summed E-state index contributed by atoms with van der Waals surface area (Å²) in [6.45, 7) is 5.33. The average molecular weight is 496 g/mol. The molecule has 1 aliphatic heterocycles. The summed E-state index contributed by atoms with van der Waals surface area (Å²) in [4.78, 5) is 61.2. The maximum atomic E-state index is 13.1. The summed E-state index contributed by atoms with van der Waals surface area (Å²) in [7, 11) is 0. The van der Waals surface area contributed by atoms with Crippen LogP contribution in [0.3, 0.4) is 0 Å². The molecule has 11 heteroatoms. The number of hydrogen-bond acceptors (Lipinski definition) is 5. The smallest absolute Gasteiger partial charge is 0.338 e. The lowest BCUT2D eigenvalue weighted by atomic mass is 9.73. The molecule has 1 unspecified atom stereocenters. The summed E-state index contributed by atoms with van der Waals surface area (Å²) in [5.74, 6) is -2.17. The number of halogens is 1. The third kappa shape index (κ3) is 6.27. The van der Waals surface area contributed by atoms with Crippen LogP contribution in [-0.4, -0.2) is 47.8 Å². The van der Waals surface area contributed by atoms with Gasteiger partial charge >= 0.3 is 6.03 Å². The highest BCUT2D eigenvalue weighted by molar-refractivity contribution is 9.10. The van der Waals surface area contributed by atoms with Crippen molar-refractivity contribution in [3.63, 3.8) is 0 Å². The highest BCUT2D eigenvalue weighted by atomic mass is 79.9. The average Bonchev–Trinajstić information content (AvgIpc) is 2.92. The van der Waals surface area contributed by atoms with Crippen LogP contribution in [0, 0.1) is 11.3 Å². The summed E-state index contributed by atoms with van der Waals surface area (Å²) in [5, 5.41) is 8.41. The zero-order valence-corrected chi connectivity index (χ0v) is 19.2. The van der Waals surface area contributed by atoms with E-state index >= 15 is 0 Å². The third-order valence-electron chi connectivity index (χ3n) is 5.06. The van der Waals surface area contributed by atoms with Crippen molar-refractivity contribution in [2.45, 2.75) is 33.6 Å². The number of hydrazine groups is 1. The van der Waals surface area contributed by atoms with Gasteiger partial charge in [0.2, 0.25) is 17.7 Å². The minimum Gasteiger partial charge on any atom is -0.355 e. The lowest BCUT2D eigenvalue weighted by Crippen LogP contribution is -2.51. The monoisotopic (exact) mass is 495 g/mol. The van der Waals surface area contributed by atoms with Gasteiger partial charge < -0.3 is 16.0 Å². The van der Waals surface area contributed by atoms with E-state index in [1.54, 1.807) is 38.1 Å². The lowest BCUT2D eigenvalue weighted by molar-refractivity contribution is -0.147. The number of nitrogens with zero attached hydrogens (tertiary/aromatic N) is 1. The molecule has 1 aromatic carbocycles. The van der Waals surface area contributed by atoms with E-state index in [0.29, 0.717) is 10.7 Å². The molecule has 1 heterocycles. The van der Waals surface area contributed by atoms with E-state index in [0.717, 1.165) is 4.47 Å². The Hall–Kier alpha value is -2.95. The maximum absolute atomic E-state index is 13.1. The Balaban J connectivity index is 2.02. The van der Waals surface area contributed by atoms with E-state index in [9.17, 15) is 24.0 Å². The maximum Gasteiger partial charge on any atom is 0.338 e. The molecule has 168 valence electrons. The van der Waals surface area contributed by atoms with Gasteiger partial charge in [0.15, 0.2) is 0 Å². The van der Waals surface area contributed by atoms with E-state index < -0.39 is 29.2 Å². The van der Waals surface area contributed by atoms with Crippen LogP contribution in [0.15, 0.2) is 28.7 Å². The van der Waals surface area contributed by atoms with Gasteiger partial charge in [0, 0.05) is 43.0 Å². The van der Waals surface area contributed by atoms with Gasteiger partial charge in [0.05, 0.1) is 5.41 Å². The summed E-state index contributed by atoms with van der Waals surface area (Å²) in [6.07, 6.45) is -0.400. The molecule has 4 N–H and O–H groups in total. The number of nitrogens with one attached hydrogen (secondary N) is 4. The zero-order valence-electron chi connectivity index (χ0n) is 17.6. The molecular formula is C20H26BrN5O5. The van der Waals surface area contributed by atoms with Crippen LogP contribution in [0.5, 0.6) is 0 Å². The predicted octanol–water partition coefficient (Wildman–Crippen LogP) is 1.53. The summed E-state index contributed by atoms with van der Waals surface area (Å²) in [5.41, 5.74) is 1.50. The predicted molar refractivity (Wildman–Crippen MR) is 116 cm³/mol. The number of carbonyl (C=O) groups is 5. The first-order chi connectivity index (χ1) is 14.5. The minimum absolute atomic E-state index is 0.193. The molecule has 6 amide bonds. The van der Waals surface area contributed by atoms with Crippen LogP contribution in [0.2, 0.25) is 0 Å². The molecule has 2 rings (SSSR count). The van der Waals surface area contributed by atoms with Gasteiger partial charge in [-0.15, -0.1) is 0 Å². The first kappa shape index (κ1) is 24.3. The van der Waals surface area contributed by atoms with Gasteiger partial charge in [0.25, 0.3) is 5.91 Å². The largest absolute Gasteiger partial charge is 0.355 e. The Labute approximate surface area is 188 Å². The van der Waals surface area contributed by atoms with Crippen LogP contribution < -0.4 is 21.4 Å². The Bertz CT molecular complexity index is 873. The fourth-order valence-electron chi connectivity index (χ4n) is 3.25. The number of hydrogen-bond donors (Lipinski definition) is 4. The Morgan fingerprint density at radius 3 is 2.29 bits per heavy atom. The third-order valence-corrected chi connectivity index (χ3v) is 5.59. The molecular weight excluding hydrogens is 470 g/mol. The topological polar surface area (TPSA) is 137 Å². The van der Waals surface area contributed by atoms with Gasteiger partial charge in [-0.1, -0.05) is 29.8 Å². The molecule has 0 spiro atoms. The number of carbonyl (C=O) groups excluding carboxylic acids is 5. The SMILES string of the molecule is CC(=O)NCCNC(=O)CC1(C(C)C)CC(=O)N(NC(=O)Nc2ccc(Br)cc2)C1=O. The van der Waals surface area contributed by atoms with Crippen LogP contribution in [-0.2, 0) is 19.2 Å². The standard InChI is InChI=1S/C20H26BrN5O5/c1-12(2)20(10-16(28)23-9-8-22-13(3)27)11-17(29)26(18(20)30)25-19(31)24-15-6-4-14(21)5-7-15/h4-7,12H,8-11H2,1-3H3,(H,22,27)(H,23,28)(H2,24,25,31). The highest BCUT2D eigenvalue weighted by Crippen LogP contribution is 2.42. The van der Waals surface area contributed by atoms with Gasteiger partial charge in [-0.2, -0.15) is 5.01 Å². The summed E-state index contributed by atoms with van der Waals surface area (Å²) in [6, 6.07) is 6.03. The van der Waals surface area contributed by atoms with Crippen molar-refractivity contribution >= 4 is 51.3 Å². The van der Waals surface area contributed by atoms with Crippen molar-refractivity contribution in [2.75, 3.05) is 18.4 Å². The van der Waals surface area contributed by atoms with E-state index in [4.69, 9.17) is 0 Å². The quantitative estimate of drug-likeness (QED) is 0.320. The minimum atomic E-state index is -1.26. The lowest BCUT2D eigenvalue weighted by Gasteiger charge is -2.30. The number of anilines is 1. The van der Waals surface area contributed by atoms with Crippen molar-refractivity contribution < 1.29 is 24.0 Å². The number of urea groups is 1. The Morgan fingerprint density at radius 2 is 1.71 bits per heavy atom. The van der Waals surface area contributed by atoms with Crippen molar-refractivity contribution in [3.05, 3.63) is 28.7 Å². The molecule has 0 saturated carbocycles. The second kappa shape index (κ2) is 10.4. The second-order valence-corrected chi connectivity index (χ2v) is 8.52. The van der Waals surface area contributed by atoms with E-state index in [-0.39, 0.29) is 37.8 Å². The molecule has 1 fully saturated rings. The van der Waals surface area contributed by atoms with Gasteiger partial charge in [-0.3, -0.25) is 19.2 Å². The van der Waals surface area contributed by atoms with Crippen molar-refractivity contribution in [3.8, 4) is 0 Å².